The molecule has 0 aliphatic rings. The van der Waals surface area contributed by atoms with Gasteiger partial charge < -0.3 is 4.74 Å². The molecule has 1 radical (unpaired) electrons. The van der Waals surface area contributed by atoms with Crippen molar-refractivity contribution in [2.24, 2.45) is 0 Å². The van der Waals surface area contributed by atoms with E-state index in [1.165, 1.54) is 0 Å². The van der Waals surface area contributed by atoms with Gasteiger partial charge in [0.05, 0.1) is 6.61 Å². The molecule has 0 saturated carbocycles. The molecule has 45 valence electrons. The predicted molar refractivity (Wildman–Crippen MR) is 29.9 cm³/mol. The van der Waals surface area contributed by atoms with Gasteiger partial charge in [-0.2, -0.15) is 0 Å². The van der Waals surface area contributed by atoms with Gasteiger partial charge in [-0.3, -0.25) is 0 Å². The molecule has 8 heavy (non-hydrogen) atoms. The van der Waals surface area contributed by atoms with E-state index in [0.29, 0.717) is 0 Å². The topological polar surface area (TPSA) is 9.23 Å². The molecule has 0 saturated heterocycles. The zero-order valence-electron chi connectivity index (χ0n) is 4.61. The van der Waals surface area contributed by atoms with Gasteiger partial charge >= 0.3 is 0 Å². The van der Waals surface area contributed by atoms with Crippen molar-refractivity contribution in [1.82, 2.24) is 0 Å². The number of alkyl halides is 1. The van der Waals surface area contributed by atoms with E-state index in [-0.39, 0.29) is 13.2 Å². The first kappa shape index (κ1) is 7.45. The fourth-order valence-corrected chi connectivity index (χ4v) is 0.229. The van der Waals surface area contributed by atoms with Crippen molar-refractivity contribution in [3.63, 3.8) is 0 Å². The van der Waals surface area contributed by atoms with Gasteiger partial charge in [-0.15, -0.1) is 0 Å². The summed E-state index contributed by atoms with van der Waals surface area (Å²) >= 11 is 0. The maximum Gasteiger partial charge on any atom is 0.113 e. The Balaban J connectivity index is 2.79. The lowest BCUT2D eigenvalue weighted by atomic mass is 10.6. The van der Waals surface area contributed by atoms with Gasteiger partial charge in [0, 0.05) is 6.92 Å². The van der Waals surface area contributed by atoms with Gasteiger partial charge in [-0.1, -0.05) is 11.8 Å². The Bertz CT molecular complexity index is 90.4. The van der Waals surface area contributed by atoms with Crippen LogP contribution in [-0.4, -0.2) is 19.9 Å². The number of halogens is 1. The SMILES string of the molecule is [CH2]C#CCOCCF. The highest BCUT2D eigenvalue weighted by molar-refractivity contribution is 5.01. The van der Waals surface area contributed by atoms with Crippen molar-refractivity contribution in [3.05, 3.63) is 6.92 Å². The Morgan fingerprint density at radius 2 is 2.38 bits per heavy atom. The minimum absolute atomic E-state index is 0.134. The molecular weight excluding hydrogens is 107 g/mol. The van der Waals surface area contributed by atoms with Crippen LogP contribution in [0.2, 0.25) is 0 Å². The van der Waals surface area contributed by atoms with Crippen molar-refractivity contribution in [2.45, 2.75) is 0 Å². The second kappa shape index (κ2) is 6.45. The smallest absolute Gasteiger partial charge is 0.113 e. The average molecular weight is 115 g/mol. The van der Waals surface area contributed by atoms with E-state index < -0.39 is 6.67 Å². The van der Waals surface area contributed by atoms with Gasteiger partial charge in [-0.25, -0.2) is 4.39 Å². The summed E-state index contributed by atoms with van der Waals surface area (Å²) in [6.07, 6.45) is 0. The molecule has 0 spiro atoms. The van der Waals surface area contributed by atoms with Crippen LogP contribution in [0.25, 0.3) is 0 Å². The lowest BCUT2D eigenvalue weighted by Crippen LogP contribution is -1.95. The number of hydrogen-bond acceptors (Lipinski definition) is 1. The second-order valence-corrected chi connectivity index (χ2v) is 1.10. The molecule has 0 atom stereocenters. The minimum Gasteiger partial charge on any atom is -0.366 e. The normalized spacial score (nSPS) is 7.75. The molecule has 0 aromatic rings. The summed E-state index contributed by atoms with van der Waals surface area (Å²) in [4.78, 5) is 0. The Morgan fingerprint density at radius 3 is 2.88 bits per heavy atom. The molecule has 0 N–H and O–H groups in total. The van der Waals surface area contributed by atoms with Gasteiger partial charge in [0.1, 0.15) is 13.3 Å². The quantitative estimate of drug-likeness (QED) is 0.390. The molecule has 2 heteroatoms. The summed E-state index contributed by atoms with van der Waals surface area (Å²) in [6, 6.07) is 0. The molecule has 1 nitrogen and oxygen atoms in total. The maximum absolute atomic E-state index is 11.2. The van der Waals surface area contributed by atoms with Crippen LogP contribution in [0.4, 0.5) is 4.39 Å². The van der Waals surface area contributed by atoms with Crippen molar-refractivity contribution in [3.8, 4) is 11.8 Å². The van der Waals surface area contributed by atoms with Crippen LogP contribution in [0.1, 0.15) is 0 Å². The van der Waals surface area contributed by atoms with E-state index in [0.717, 1.165) is 0 Å². The highest BCUT2D eigenvalue weighted by Gasteiger charge is 1.78. The van der Waals surface area contributed by atoms with E-state index in [1.807, 2.05) is 0 Å². The van der Waals surface area contributed by atoms with E-state index >= 15 is 0 Å². The van der Waals surface area contributed by atoms with Crippen LogP contribution in [0, 0.1) is 18.8 Å². The summed E-state index contributed by atoms with van der Waals surface area (Å²) in [5.74, 6) is 4.91. The van der Waals surface area contributed by atoms with Gasteiger partial charge in [0.2, 0.25) is 0 Å². The zero-order chi connectivity index (χ0) is 6.24. The van der Waals surface area contributed by atoms with Crippen molar-refractivity contribution < 1.29 is 9.13 Å². The van der Waals surface area contributed by atoms with Crippen LogP contribution < -0.4 is 0 Å². The van der Waals surface area contributed by atoms with E-state index in [1.54, 1.807) is 0 Å². The summed E-state index contributed by atoms with van der Waals surface area (Å²) < 4.78 is 15.9. The molecule has 0 aromatic heterocycles. The first-order chi connectivity index (χ1) is 3.91. The first-order valence-corrected chi connectivity index (χ1v) is 2.30. The lowest BCUT2D eigenvalue weighted by molar-refractivity contribution is 0.148. The van der Waals surface area contributed by atoms with Crippen molar-refractivity contribution in [2.75, 3.05) is 19.9 Å². The second-order valence-electron chi connectivity index (χ2n) is 1.10. The summed E-state index contributed by atoms with van der Waals surface area (Å²) in [5.41, 5.74) is 0. The average Bonchev–Trinajstić information content (AvgIpc) is 1.81. The molecular formula is C6H8FO. The monoisotopic (exact) mass is 115 g/mol. The third-order valence-corrected chi connectivity index (χ3v) is 0.521. The Labute approximate surface area is 48.8 Å². The van der Waals surface area contributed by atoms with Crippen LogP contribution in [-0.2, 0) is 4.74 Å². The molecule has 0 aromatic carbocycles. The molecule has 0 rings (SSSR count). The highest BCUT2D eigenvalue weighted by atomic mass is 19.1. The molecule has 0 fully saturated rings. The third-order valence-electron chi connectivity index (χ3n) is 0.521. The first-order valence-electron chi connectivity index (χ1n) is 2.30. The lowest BCUT2D eigenvalue weighted by Gasteiger charge is -1.89. The number of hydrogen-bond donors (Lipinski definition) is 0. The molecule has 0 heterocycles. The van der Waals surface area contributed by atoms with E-state index in [2.05, 4.69) is 23.5 Å². The molecule has 0 aliphatic carbocycles. The minimum atomic E-state index is -0.446. The van der Waals surface area contributed by atoms with Crippen molar-refractivity contribution >= 4 is 0 Å². The Kier molecular flexibility index (Phi) is 6.01. The molecule has 0 bridgehead atoms. The molecule has 0 aliphatic heterocycles. The van der Waals surface area contributed by atoms with Crippen LogP contribution >= 0.6 is 0 Å². The zero-order valence-corrected chi connectivity index (χ0v) is 4.61. The maximum atomic E-state index is 11.2. The highest BCUT2D eigenvalue weighted by Crippen LogP contribution is 1.72. The van der Waals surface area contributed by atoms with Gasteiger partial charge in [0.25, 0.3) is 0 Å². The molecule has 0 unspecified atom stereocenters. The third kappa shape index (κ3) is 5.45. The van der Waals surface area contributed by atoms with Crippen molar-refractivity contribution in [1.29, 1.82) is 0 Å². The fraction of sp³-hybridized carbons (Fsp3) is 0.500. The standard InChI is InChI=1S/C6H8FO/c1-2-3-5-8-6-4-7/h1,4-6H2. The summed E-state index contributed by atoms with van der Waals surface area (Å²) in [5, 5.41) is 0. The predicted octanol–water partition coefficient (Wildman–Crippen LogP) is 0.810. The molecule has 0 amide bonds. The van der Waals surface area contributed by atoms with Gasteiger partial charge in [0.15, 0.2) is 0 Å². The van der Waals surface area contributed by atoms with Gasteiger partial charge in [-0.05, 0) is 0 Å². The Morgan fingerprint density at radius 1 is 1.62 bits per heavy atom. The van der Waals surface area contributed by atoms with Crippen LogP contribution in [0.3, 0.4) is 0 Å². The largest absolute Gasteiger partial charge is 0.366 e. The summed E-state index contributed by atoms with van der Waals surface area (Å²) in [6.45, 7) is 3.22. The number of ether oxygens (including phenoxy) is 1. The Hall–Kier alpha value is -0.550. The van der Waals surface area contributed by atoms with E-state index in [4.69, 9.17) is 0 Å². The summed E-state index contributed by atoms with van der Waals surface area (Å²) in [7, 11) is 0. The van der Waals surface area contributed by atoms with Crippen LogP contribution in [0.15, 0.2) is 0 Å². The van der Waals surface area contributed by atoms with E-state index in [9.17, 15) is 4.39 Å². The fourth-order valence-electron chi connectivity index (χ4n) is 0.229. The van der Waals surface area contributed by atoms with Crippen LogP contribution in [0.5, 0.6) is 0 Å². The number of rotatable bonds is 3.